The first-order valence-corrected chi connectivity index (χ1v) is 12.9. The number of rotatable bonds is 5. The zero-order valence-corrected chi connectivity index (χ0v) is 20.5. The molecule has 190 valence electrons. The molecule has 0 saturated carbocycles. The number of amides is 1. The van der Waals surface area contributed by atoms with Crippen LogP contribution in [0.3, 0.4) is 0 Å². The summed E-state index contributed by atoms with van der Waals surface area (Å²) in [7, 11) is 0. The topological polar surface area (TPSA) is 133 Å². The summed E-state index contributed by atoms with van der Waals surface area (Å²) in [6.45, 7) is 1.20. The highest BCUT2D eigenvalue weighted by Crippen LogP contribution is 2.32. The van der Waals surface area contributed by atoms with Gasteiger partial charge in [0, 0.05) is 43.2 Å². The van der Waals surface area contributed by atoms with Gasteiger partial charge in [-0.3, -0.25) is 4.79 Å². The lowest BCUT2D eigenvalue weighted by Crippen LogP contribution is -2.40. The summed E-state index contributed by atoms with van der Waals surface area (Å²) in [5.74, 6) is 1.71. The zero-order chi connectivity index (χ0) is 24.8. The van der Waals surface area contributed by atoms with Crippen molar-refractivity contribution in [1.82, 2.24) is 41.5 Å². The van der Waals surface area contributed by atoms with Crippen molar-refractivity contribution in [3.8, 4) is 0 Å². The summed E-state index contributed by atoms with van der Waals surface area (Å²) in [4.78, 5) is 24.1. The Bertz CT molecular complexity index is 1360. The van der Waals surface area contributed by atoms with Crippen LogP contribution in [0.15, 0.2) is 46.3 Å². The van der Waals surface area contributed by atoms with Crippen molar-refractivity contribution < 1.29 is 9.21 Å². The third kappa shape index (κ3) is 4.39. The summed E-state index contributed by atoms with van der Waals surface area (Å²) < 4.78 is 5.98. The molecular weight excluding hydrogens is 470 g/mol. The van der Waals surface area contributed by atoms with E-state index in [9.17, 15) is 4.79 Å². The molecule has 1 unspecified atom stereocenters. The van der Waals surface area contributed by atoms with E-state index in [1.54, 1.807) is 0 Å². The fraction of sp³-hybridized carbons (Fsp3) is 0.423. The van der Waals surface area contributed by atoms with Crippen LogP contribution in [0.4, 0.5) is 5.95 Å². The van der Waals surface area contributed by atoms with Crippen LogP contribution in [0.5, 0.6) is 0 Å². The van der Waals surface area contributed by atoms with Crippen molar-refractivity contribution in [2.75, 3.05) is 18.4 Å². The molecule has 4 N–H and O–H groups in total. The Morgan fingerprint density at radius 2 is 1.89 bits per heavy atom. The number of fused-ring (bicyclic) bond motifs is 2. The third-order valence-electron chi connectivity index (χ3n) is 7.80. The van der Waals surface area contributed by atoms with Crippen molar-refractivity contribution in [3.63, 3.8) is 0 Å². The van der Waals surface area contributed by atoms with Crippen LogP contribution >= 0.6 is 0 Å². The second-order valence-electron chi connectivity index (χ2n) is 10.2. The van der Waals surface area contributed by atoms with Gasteiger partial charge < -0.3 is 25.5 Å². The maximum Gasteiger partial charge on any atom is 0.232 e. The third-order valence-corrected chi connectivity index (χ3v) is 7.80. The lowest BCUT2D eigenvalue weighted by Gasteiger charge is -2.26. The number of anilines is 1. The zero-order valence-electron chi connectivity index (χ0n) is 20.5. The van der Waals surface area contributed by atoms with Crippen molar-refractivity contribution in [2.24, 2.45) is 0 Å². The second kappa shape index (κ2) is 9.15. The molecule has 1 aromatic carbocycles. The van der Waals surface area contributed by atoms with Gasteiger partial charge in [-0.25, -0.2) is 9.97 Å². The molecule has 3 aromatic rings. The van der Waals surface area contributed by atoms with E-state index in [-0.39, 0.29) is 18.2 Å². The van der Waals surface area contributed by atoms with Gasteiger partial charge in [-0.15, -0.1) is 10.2 Å². The summed E-state index contributed by atoms with van der Waals surface area (Å²) in [6.07, 6.45) is 7.31. The van der Waals surface area contributed by atoms with Crippen LogP contribution in [0, 0.1) is 0 Å². The Kier molecular flexibility index (Phi) is 5.49. The minimum Gasteiger partial charge on any atom is -0.424 e. The van der Waals surface area contributed by atoms with Gasteiger partial charge in [0.2, 0.25) is 23.6 Å². The molecular formula is C26H29N9O2. The Balaban J connectivity index is 0.985. The number of carbonyl (C=O) groups is 1. The van der Waals surface area contributed by atoms with Gasteiger partial charge in [0.1, 0.15) is 6.42 Å². The maximum absolute atomic E-state index is 12.8. The molecule has 1 amide bonds. The largest absolute Gasteiger partial charge is 0.424 e. The lowest BCUT2D eigenvalue weighted by molar-refractivity contribution is -0.130. The van der Waals surface area contributed by atoms with E-state index in [1.165, 1.54) is 16.7 Å². The number of hydrazine groups is 2. The van der Waals surface area contributed by atoms with Gasteiger partial charge in [0.25, 0.3) is 0 Å². The molecule has 0 saturated heterocycles. The van der Waals surface area contributed by atoms with Crippen LogP contribution < -0.4 is 21.7 Å². The average Bonchev–Trinajstić information content (AvgIpc) is 3.67. The molecule has 11 nitrogen and oxygen atoms in total. The molecule has 4 heterocycles. The fourth-order valence-electron chi connectivity index (χ4n) is 5.77. The molecule has 2 aliphatic carbocycles. The second-order valence-corrected chi connectivity index (χ2v) is 10.2. The highest BCUT2D eigenvalue weighted by atomic mass is 16.4. The molecule has 0 fully saturated rings. The lowest BCUT2D eigenvalue weighted by atomic mass is 9.87. The van der Waals surface area contributed by atoms with Crippen LogP contribution in [0.25, 0.3) is 0 Å². The number of hydrogen-bond donors (Lipinski definition) is 4. The molecule has 7 rings (SSSR count). The molecule has 11 heteroatoms. The van der Waals surface area contributed by atoms with Crippen LogP contribution in [-0.4, -0.2) is 50.1 Å². The van der Waals surface area contributed by atoms with E-state index in [2.05, 4.69) is 61.1 Å². The van der Waals surface area contributed by atoms with Crippen LogP contribution in [-0.2, 0) is 36.9 Å². The maximum atomic E-state index is 12.8. The molecule has 1 atom stereocenters. The fourth-order valence-corrected chi connectivity index (χ4v) is 5.77. The van der Waals surface area contributed by atoms with E-state index in [0.717, 1.165) is 55.6 Å². The van der Waals surface area contributed by atoms with Gasteiger partial charge in [-0.2, -0.15) is 5.53 Å². The smallest absolute Gasteiger partial charge is 0.232 e. The van der Waals surface area contributed by atoms with Gasteiger partial charge in [-0.1, -0.05) is 24.3 Å². The van der Waals surface area contributed by atoms with Crippen molar-refractivity contribution in [3.05, 3.63) is 76.0 Å². The quantitative estimate of drug-likeness (QED) is 0.407. The highest BCUT2D eigenvalue weighted by molar-refractivity contribution is 5.78. The Morgan fingerprint density at radius 1 is 1.05 bits per heavy atom. The molecule has 4 aliphatic rings. The van der Waals surface area contributed by atoms with Crippen LogP contribution in [0.2, 0.25) is 0 Å². The molecule has 2 aromatic heterocycles. The average molecular weight is 500 g/mol. The summed E-state index contributed by atoms with van der Waals surface area (Å²) in [5, 5.41) is 12.0. The number of nitrogens with one attached hydrogen (secondary N) is 4. The number of benzene rings is 1. The standard InChI is InChI=1S/C26H29N9O2/c36-24(35-8-7-20-22(14-35)31-34-30-20)12-23-32-33-25(37-23)17-5-6-18-13-27-26(29-21(18)11-17)28-19-9-15-3-1-2-4-16(15)10-19/h1-4,13,17,19,30-31,34H,5-12,14H2,(H,27,28,29). The summed E-state index contributed by atoms with van der Waals surface area (Å²) in [6, 6.07) is 8.90. The Morgan fingerprint density at radius 3 is 2.76 bits per heavy atom. The van der Waals surface area contributed by atoms with Crippen molar-refractivity contribution in [1.29, 1.82) is 0 Å². The normalized spacial score (nSPS) is 20.6. The number of hydrogen-bond acceptors (Lipinski definition) is 10. The van der Waals surface area contributed by atoms with E-state index in [0.29, 0.717) is 36.9 Å². The Hall–Kier alpha value is -3.99. The summed E-state index contributed by atoms with van der Waals surface area (Å²) in [5.41, 5.74) is 16.1. The number of nitrogens with zero attached hydrogens (tertiary/aromatic N) is 5. The number of aryl methyl sites for hydroxylation is 1. The van der Waals surface area contributed by atoms with E-state index < -0.39 is 0 Å². The Labute approximate surface area is 214 Å². The molecule has 0 radical (unpaired) electrons. The van der Waals surface area contributed by atoms with E-state index in [4.69, 9.17) is 9.40 Å². The summed E-state index contributed by atoms with van der Waals surface area (Å²) >= 11 is 0. The SMILES string of the molecule is O=C(Cc1nnc(C2CCc3cnc(NC4Cc5ccccc5C4)nc3C2)o1)N1CCC2=C(C1)NNN2. The molecule has 2 aliphatic heterocycles. The molecule has 0 spiro atoms. The van der Waals surface area contributed by atoms with Crippen molar-refractivity contribution >= 4 is 11.9 Å². The van der Waals surface area contributed by atoms with Gasteiger partial charge in [0.15, 0.2) is 0 Å². The predicted octanol–water partition coefficient (Wildman–Crippen LogP) is 1.31. The van der Waals surface area contributed by atoms with Crippen molar-refractivity contribution in [2.45, 2.75) is 56.9 Å². The van der Waals surface area contributed by atoms with E-state index >= 15 is 0 Å². The molecule has 0 bridgehead atoms. The molecule has 37 heavy (non-hydrogen) atoms. The van der Waals surface area contributed by atoms with Gasteiger partial charge in [-0.05, 0) is 42.4 Å². The first-order chi connectivity index (χ1) is 18.2. The van der Waals surface area contributed by atoms with Gasteiger partial charge in [0.05, 0.1) is 17.9 Å². The van der Waals surface area contributed by atoms with E-state index in [1.807, 2.05) is 11.1 Å². The monoisotopic (exact) mass is 499 g/mol. The minimum absolute atomic E-state index is 0.0121. The van der Waals surface area contributed by atoms with Gasteiger partial charge >= 0.3 is 0 Å². The predicted molar refractivity (Wildman–Crippen MR) is 134 cm³/mol. The van der Waals surface area contributed by atoms with Crippen LogP contribution in [0.1, 0.15) is 52.9 Å². The number of aromatic nitrogens is 4. The number of carbonyl (C=O) groups excluding carboxylic acids is 1. The highest BCUT2D eigenvalue weighted by Gasteiger charge is 2.29. The minimum atomic E-state index is -0.0121. The first kappa shape index (κ1) is 22.2. The first-order valence-electron chi connectivity index (χ1n) is 12.9.